The summed E-state index contributed by atoms with van der Waals surface area (Å²) < 4.78 is 5.22. The molecule has 3 aromatic rings. The van der Waals surface area contributed by atoms with E-state index >= 15 is 0 Å². The van der Waals surface area contributed by atoms with Crippen LogP contribution in [0.1, 0.15) is 35.7 Å². The fraction of sp³-hybridized carbons (Fsp3) is 0.300. The number of nitrogens with zero attached hydrogens (tertiary/aromatic N) is 3. The first kappa shape index (κ1) is 25.9. The van der Waals surface area contributed by atoms with Crippen LogP contribution in [0.15, 0.2) is 89.9 Å². The number of piperazine rings is 1. The van der Waals surface area contributed by atoms with Gasteiger partial charge in [0.25, 0.3) is 0 Å². The average Bonchev–Trinajstić information content (AvgIpc) is 2.94. The van der Waals surface area contributed by atoms with Gasteiger partial charge in [-0.3, -0.25) is 19.8 Å². The second-order valence-corrected chi connectivity index (χ2v) is 9.85. The number of halogens is 1. The summed E-state index contributed by atoms with van der Waals surface area (Å²) in [5.74, 6) is -1.58. The number of hydrogen-bond acceptors (Lipinski definition) is 6. The van der Waals surface area contributed by atoms with E-state index in [1.165, 1.54) is 11.1 Å². The molecule has 0 saturated carbocycles. The Bertz CT molecular complexity index is 1250. The van der Waals surface area contributed by atoms with E-state index in [0.717, 1.165) is 13.1 Å². The molecule has 3 aromatic carbocycles. The third-order valence-corrected chi connectivity index (χ3v) is 7.27. The largest absolute Gasteiger partial charge is 0.465 e. The highest BCUT2D eigenvalue weighted by molar-refractivity contribution is 6.30. The molecule has 38 heavy (non-hydrogen) atoms. The molecule has 2 aliphatic heterocycles. The Kier molecular flexibility index (Phi) is 8.05. The van der Waals surface area contributed by atoms with Crippen LogP contribution in [0, 0.1) is 5.92 Å². The van der Waals surface area contributed by atoms with Gasteiger partial charge in [-0.15, -0.1) is 0 Å². The topological polar surface area (TPSA) is 74.2 Å². The number of ether oxygens (including phenoxy) is 1. The maximum atomic E-state index is 13.2. The van der Waals surface area contributed by atoms with Gasteiger partial charge in [-0.1, -0.05) is 84.4 Å². The molecule has 0 bridgehead atoms. The molecule has 0 radical (unpaired) electrons. The number of hydrogen-bond donors (Lipinski definition) is 1. The van der Waals surface area contributed by atoms with Gasteiger partial charge in [0, 0.05) is 31.2 Å². The second kappa shape index (κ2) is 11.8. The van der Waals surface area contributed by atoms with E-state index in [2.05, 4.69) is 63.6 Å². The highest BCUT2D eigenvalue weighted by Gasteiger charge is 2.42. The van der Waals surface area contributed by atoms with Crippen LogP contribution in [0.25, 0.3) is 0 Å². The van der Waals surface area contributed by atoms with Gasteiger partial charge in [0.2, 0.25) is 11.9 Å². The normalized spacial score (nSPS) is 20.1. The van der Waals surface area contributed by atoms with Crippen molar-refractivity contribution in [2.75, 3.05) is 32.8 Å². The number of nitrogens with one attached hydrogen (secondary N) is 1. The molecule has 1 saturated heterocycles. The van der Waals surface area contributed by atoms with Crippen molar-refractivity contribution < 1.29 is 14.3 Å². The van der Waals surface area contributed by atoms with Gasteiger partial charge in [-0.05, 0) is 35.7 Å². The summed E-state index contributed by atoms with van der Waals surface area (Å²) in [7, 11) is 0. The smallest absolute Gasteiger partial charge is 0.321 e. The van der Waals surface area contributed by atoms with E-state index in [4.69, 9.17) is 21.3 Å². The van der Waals surface area contributed by atoms with Crippen molar-refractivity contribution in [1.82, 2.24) is 15.1 Å². The highest BCUT2D eigenvalue weighted by Crippen LogP contribution is 2.33. The highest BCUT2D eigenvalue weighted by atomic mass is 35.5. The molecule has 0 aromatic heterocycles. The number of benzene rings is 3. The predicted molar refractivity (Wildman–Crippen MR) is 148 cm³/mol. The molecule has 1 fully saturated rings. The van der Waals surface area contributed by atoms with E-state index in [1.807, 2.05) is 18.2 Å². The van der Waals surface area contributed by atoms with Crippen molar-refractivity contribution in [2.24, 2.45) is 10.9 Å². The van der Waals surface area contributed by atoms with Crippen LogP contribution in [0.5, 0.6) is 0 Å². The van der Waals surface area contributed by atoms with E-state index in [0.29, 0.717) is 29.6 Å². The van der Waals surface area contributed by atoms with E-state index in [-0.39, 0.29) is 12.6 Å². The van der Waals surface area contributed by atoms with Gasteiger partial charge >= 0.3 is 5.97 Å². The lowest BCUT2D eigenvalue weighted by Gasteiger charge is -2.42. The van der Waals surface area contributed by atoms with Crippen molar-refractivity contribution in [3.05, 3.63) is 107 Å². The SMILES string of the molecule is CCOC(=O)[C@@H]1C(=O)NC(N2CCN(C(c3ccccc3)c3ccccc3)CC2)=N[C@@H]1c1cccc(Cl)c1. The zero-order valence-corrected chi connectivity index (χ0v) is 22.1. The summed E-state index contributed by atoms with van der Waals surface area (Å²) in [6.07, 6.45) is 0. The van der Waals surface area contributed by atoms with Gasteiger partial charge in [0.1, 0.15) is 6.04 Å². The first-order valence-electron chi connectivity index (χ1n) is 12.9. The van der Waals surface area contributed by atoms with E-state index < -0.39 is 23.8 Å². The fourth-order valence-electron chi connectivity index (χ4n) is 5.23. The Morgan fingerprint density at radius 3 is 2.18 bits per heavy atom. The van der Waals surface area contributed by atoms with Crippen LogP contribution in [-0.2, 0) is 14.3 Å². The maximum absolute atomic E-state index is 13.2. The fourth-order valence-corrected chi connectivity index (χ4v) is 5.43. The molecule has 2 heterocycles. The Morgan fingerprint density at radius 2 is 1.61 bits per heavy atom. The van der Waals surface area contributed by atoms with Gasteiger partial charge in [-0.2, -0.15) is 0 Å². The minimum absolute atomic E-state index is 0.134. The predicted octanol–water partition coefficient (Wildman–Crippen LogP) is 4.45. The summed E-state index contributed by atoms with van der Waals surface area (Å²) in [6.45, 7) is 4.84. The van der Waals surface area contributed by atoms with Crippen molar-refractivity contribution in [2.45, 2.75) is 19.0 Å². The standard InChI is InChI=1S/C30H31ClN4O3/c1-2-38-29(37)25-26(23-14-9-15-24(31)20-23)32-30(33-28(25)36)35-18-16-34(17-19-35)27(21-10-5-3-6-11-21)22-12-7-4-8-13-22/h3-15,20,25-27H,2,16-19H2,1H3,(H,32,33,36)/t25-,26+/m0/s1. The second-order valence-electron chi connectivity index (χ2n) is 9.42. The summed E-state index contributed by atoms with van der Waals surface area (Å²) in [6, 6.07) is 27.6. The number of aliphatic imine (C=N–C) groups is 1. The van der Waals surface area contributed by atoms with Crippen molar-refractivity contribution in [1.29, 1.82) is 0 Å². The molecular weight excluding hydrogens is 500 g/mol. The van der Waals surface area contributed by atoms with E-state index in [9.17, 15) is 9.59 Å². The van der Waals surface area contributed by atoms with Crippen LogP contribution < -0.4 is 5.32 Å². The van der Waals surface area contributed by atoms with Crippen LogP contribution in [0.2, 0.25) is 5.02 Å². The number of carbonyl (C=O) groups excluding carboxylic acids is 2. The van der Waals surface area contributed by atoms with Crippen LogP contribution in [0.4, 0.5) is 0 Å². The summed E-state index contributed by atoms with van der Waals surface area (Å²) >= 11 is 6.24. The molecule has 2 atom stereocenters. The molecule has 0 unspecified atom stereocenters. The lowest BCUT2D eigenvalue weighted by Crippen LogP contribution is -2.57. The zero-order chi connectivity index (χ0) is 26.5. The molecule has 5 rings (SSSR count). The van der Waals surface area contributed by atoms with Gasteiger partial charge in [0.05, 0.1) is 12.6 Å². The Balaban J connectivity index is 1.38. The van der Waals surface area contributed by atoms with Crippen molar-refractivity contribution in [3.63, 3.8) is 0 Å². The molecule has 8 heteroatoms. The third kappa shape index (κ3) is 5.59. The molecular formula is C30H31ClN4O3. The molecule has 2 aliphatic rings. The third-order valence-electron chi connectivity index (χ3n) is 7.03. The van der Waals surface area contributed by atoms with Gasteiger partial charge in [-0.25, -0.2) is 4.99 Å². The van der Waals surface area contributed by atoms with Gasteiger partial charge in [0.15, 0.2) is 5.92 Å². The maximum Gasteiger partial charge on any atom is 0.321 e. The molecule has 196 valence electrons. The Morgan fingerprint density at radius 1 is 0.974 bits per heavy atom. The number of esters is 1. The Hall–Kier alpha value is -3.68. The van der Waals surface area contributed by atoms with Crippen molar-refractivity contribution in [3.8, 4) is 0 Å². The monoisotopic (exact) mass is 530 g/mol. The van der Waals surface area contributed by atoms with Crippen LogP contribution in [0.3, 0.4) is 0 Å². The molecule has 0 aliphatic carbocycles. The number of carbonyl (C=O) groups is 2. The minimum Gasteiger partial charge on any atom is -0.465 e. The minimum atomic E-state index is -1.07. The van der Waals surface area contributed by atoms with Crippen LogP contribution in [-0.4, -0.2) is 60.4 Å². The number of rotatable bonds is 6. The quantitative estimate of drug-likeness (QED) is 0.376. The van der Waals surface area contributed by atoms with Crippen LogP contribution >= 0.6 is 11.6 Å². The number of amides is 1. The molecule has 1 N–H and O–H groups in total. The number of guanidine groups is 1. The first-order valence-corrected chi connectivity index (χ1v) is 13.3. The Labute approximate surface area is 228 Å². The summed E-state index contributed by atoms with van der Waals surface area (Å²) in [5, 5.41) is 3.40. The molecule has 7 nitrogen and oxygen atoms in total. The summed E-state index contributed by atoms with van der Waals surface area (Å²) in [4.78, 5) is 35.4. The summed E-state index contributed by atoms with van der Waals surface area (Å²) in [5.41, 5.74) is 3.19. The lowest BCUT2D eigenvalue weighted by molar-refractivity contribution is -0.153. The van der Waals surface area contributed by atoms with E-state index in [1.54, 1.807) is 25.1 Å². The molecule has 0 spiro atoms. The first-order chi connectivity index (χ1) is 18.5. The zero-order valence-electron chi connectivity index (χ0n) is 21.3. The van der Waals surface area contributed by atoms with Gasteiger partial charge < -0.3 is 9.64 Å². The average molecular weight is 531 g/mol. The lowest BCUT2D eigenvalue weighted by atomic mass is 9.91. The molecule has 1 amide bonds. The van der Waals surface area contributed by atoms with Crippen molar-refractivity contribution >= 4 is 29.4 Å².